The molecule has 1 N–H and O–H groups in total. The molecule has 0 aliphatic heterocycles. The lowest BCUT2D eigenvalue weighted by molar-refractivity contribution is 0.0692. The number of hydrogen-bond acceptors (Lipinski definition) is 3. The first-order chi connectivity index (χ1) is 8.58. The number of ether oxygens (including phenoxy) is 1. The van der Waals surface area contributed by atoms with Crippen LogP contribution in [0.25, 0.3) is 0 Å². The van der Waals surface area contributed by atoms with Gasteiger partial charge in [-0.2, -0.15) is 0 Å². The van der Waals surface area contributed by atoms with Gasteiger partial charge >= 0.3 is 5.97 Å². The van der Waals surface area contributed by atoms with Gasteiger partial charge < -0.3 is 9.84 Å². The molecule has 0 saturated carbocycles. The van der Waals surface area contributed by atoms with Crippen molar-refractivity contribution in [3.63, 3.8) is 0 Å². The molecule has 0 aliphatic rings. The standard InChI is InChI=1S/C13H10INO3/c1-8-5-6-15-12(11(8)13(16)17)18-10-4-2-3-9(14)7-10/h2-7H,1H3,(H,16,17). The predicted molar refractivity (Wildman–Crippen MR) is 75.2 cm³/mol. The molecular formula is C13H10INO3. The van der Waals surface area contributed by atoms with Gasteiger partial charge in [-0.1, -0.05) is 6.07 Å². The van der Waals surface area contributed by atoms with E-state index in [4.69, 9.17) is 9.84 Å². The summed E-state index contributed by atoms with van der Waals surface area (Å²) in [6, 6.07) is 8.99. The van der Waals surface area contributed by atoms with E-state index < -0.39 is 5.97 Å². The lowest BCUT2D eigenvalue weighted by atomic mass is 10.1. The highest BCUT2D eigenvalue weighted by Gasteiger charge is 2.16. The average Bonchev–Trinajstić information content (AvgIpc) is 2.28. The molecule has 18 heavy (non-hydrogen) atoms. The van der Waals surface area contributed by atoms with E-state index in [2.05, 4.69) is 27.6 Å². The van der Waals surface area contributed by atoms with Crippen LogP contribution in [-0.4, -0.2) is 16.1 Å². The second-order valence-corrected chi connectivity index (χ2v) is 4.92. The maximum atomic E-state index is 11.2. The number of nitrogens with zero attached hydrogens (tertiary/aromatic N) is 1. The second-order valence-electron chi connectivity index (χ2n) is 3.67. The van der Waals surface area contributed by atoms with Gasteiger partial charge in [0.1, 0.15) is 11.3 Å². The molecular weight excluding hydrogens is 345 g/mol. The van der Waals surface area contributed by atoms with E-state index in [9.17, 15) is 4.79 Å². The minimum absolute atomic E-state index is 0.0939. The number of carboxylic acid groups (broad SMARTS) is 1. The van der Waals surface area contributed by atoms with Crippen LogP contribution in [0.3, 0.4) is 0 Å². The summed E-state index contributed by atoms with van der Waals surface area (Å²) in [7, 11) is 0. The van der Waals surface area contributed by atoms with E-state index in [-0.39, 0.29) is 11.4 Å². The first kappa shape index (κ1) is 12.8. The second kappa shape index (κ2) is 5.34. The quantitative estimate of drug-likeness (QED) is 0.857. The first-order valence-electron chi connectivity index (χ1n) is 5.20. The predicted octanol–water partition coefficient (Wildman–Crippen LogP) is 3.49. The van der Waals surface area contributed by atoms with Crippen molar-refractivity contribution >= 4 is 28.6 Å². The van der Waals surface area contributed by atoms with E-state index in [1.165, 1.54) is 6.20 Å². The third kappa shape index (κ3) is 2.79. The number of aromatic nitrogens is 1. The molecule has 92 valence electrons. The highest BCUT2D eigenvalue weighted by atomic mass is 127. The normalized spacial score (nSPS) is 10.1. The van der Waals surface area contributed by atoms with Gasteiger partial charge in [-0.15, -0.1) is 0 Å². The van der Waals surface area contributed by atoms with Crippen LogP contribution in [0.15, 0.2) is 36.5 Å². The Hall–Kier alpha value is -1.63. The molecule has 0 saturated heterocycles. The molecule has 2 aromatic rings. The van der Waals surface area contributed by atoms with Gasteiger partial charge in [0.2, 0.25) is 5.88 Å². The van der Waals surface area contributed by atoms with Gasteiger partial charge in [0.15, 0.2) is 0 Å². The number of pyridine rings is 1. The summed E-state index contributed by atoms with van der Waals surface area (Å²) in [6.07, 6.45) is 1.53. The molecule has 1 heterocycles. The van der Waals surface area contributed by atoms with Gasteiger partial charge in [0.05, 0.1) is 0 Å². The molecule has 0 aliphatic carbocycles. The van der Waals surface area contributed by atoms with Crippen molar-refractivity contribution < 1.29 is 14.6 Å². The first-order valence-corrected chi connectivity index (χ1v) is 6.28. The zero-order chi connectivity index (χ0) is 13.1. The van der Waals surface area contributed by atoms with Gasteiger partial charge in [-0.25, -0.2) is 9.78 Å². The maximum Gasteiger partial charge on any atom is 0.341 e. The van der Waals surface area contributed by atoms with E-state index in [1.54, 1.807) is 19.1 Å². The maximum absolute atomic E-state index is 11.2. The fraction of sp³-hybridized carbons (Fsp3) is 0.0769. The Labute approximate surface area is 118 Å². The molecule has 0 bridgehead atoms. The monoisotopic (exact) mass is 355 g/mol. The van der Waals surface area contributed by atoms with Crippen molar-refractivity contribution in [3.05, 3.63) is 51.2 Å². The number of carbonyl (C=O) groups is 1. The fourth-order valence-electron chi connectivity index (χ4n) is 1.51. The Morgan fingerprint density at radius 2 is 2.17 bits per heavy atom. The zero-order valence-electron chi connectivity index (χ0n) is 9.55. The van der Waals surface area contributed by atoms with Crippen LogP contribution < -0.4 is 4.74 Å². The number of aryl methyl sites for hydroxylation is 1. The topological polar surface area (TPSA) is 59.4 Å². The minimum Gasteiger partial charge on any atom is -0.477 e. The molecule has 2 rings (SSSR count). The van der Waals surface area contributed by atoms with Crippen LogP contribution in [0, 0.1) is 10.5 Å². The smallest absolute Gasteiger partial charge is 0.341 e. The van der Waals surface area contributed by atoms with Crippen LogP contribution in [0.5, 0.6) is 11.6 Å². The van der Waals surface area contributed by atoms with Gasteiger partial charge in [0, 0.05) is 9.77 Å². The Bertz CT molecular complexity index is 599. The summed E-state index contributed by atoms with van der Waals surface area (Å²) in [6.45, 7) is 1.72. The van der Waals surface area contributed by atoms with Crippen LogP contribution in [-0.2, 0) is 0 Å². The van der Waals surface area contributed by atoms with Gasteiger partial charge in [-0.05, 0) is 59.3 Å². The minimum atomic E-state index is -1.04. The van der Waals surface area contributed by atoms with E-state index in [0.717, 1.165) is 3.57 Å². The summed E-state index contributed by atoms with van der Waals surface area (Å²) in [5, 5.41) is 9.16. The Morgan fingerprint density at radius 3 is 2.83 bits per heavy atom. The number of hydrogen-bond donors (Lipinski definition) is 1. The third-order valence-corrected chi connectivity index (χ3v) is 3.02. The Balaban J connectivity index is 2.40. The Kier molecular flexibility index (Phi) is 3.81. The van der Waals surface area contributed by atoms with Crippen LogP contribution in [0.2, 0.25) is 0 Å². The van der Waals surface area contributed by atoms with E-state index in [0.29, 0.717) is 11.3 Å². The van der Waals surface area contributed by atoms with Crippen molar-refractivity contribution in [3.8, 4) is 11.6 Å². The molecule has 4 nitrogen and oxygen atoms in total. The highest BCUT2D eigenvalue weighted by molar-refractivity contribution is 14.1. The summed E-state index contributed by atoms with van der Waals surface area (Å²) >= 11 is 2.16. The van der Waals surface area contributed by atoms with Crippen molar-refractivity contribution in [2.75, 3.05) is 0 Å². The molecule has 0 amide bonds. The van der Waals surface area contributed by atoms with E-state index >= 15 is 0 Å². The van der Waals surface area contributed by atoms with Crippen LogP contribution >= 0.6 is 22.6 Å². The number of rotatable bonds is 3. The summed E-state index contributed by atoms with van der Waals surface area (Å²) in [5.74, 6) is -0.353. The van der Waals surface area contributed by atoms with Crippen LogP contribution in [0.1, 0.15) is 15.9 Å². The van der Waals surface area contributed by atoms with Crippen molar-refractivity contribution in [2.45, 2.75) is 6.92 Å². The van der Waals surface area contributed by atoms with Crippen molar-refractivity contribution in [1.82, 2.24) is 4.98 Å². The molecule has 0 unspecified atom stereocenters. The summed E-state index contributed by atoms with van der Waals surface area (Å²) in [5.41, 5.74) is 0.717. The largest absolute Gasteiger partial charge is 0.477 e. The molecule has 1 aromatic carbocycles. The highest BCUT2D eigenvalue weighted by Crippen LogP contribution is 2.26. The van der Waals surface area contributed by atoms with E-state index in [1.807, 2.05) is 18.2 Å². The van der Waals surface area contributed by atoms with Gasteiger partial charge in [-0.3, -0.25) is 0 Å². The fourth-order valence-corrected chi connectivity index (χ4v) is 2.03. The third-order valence-electron chi connectivity index (χ3n) is 2.35. The molecule has 5 heteroatoms. The summed E-state index contributed by atoms with van der Waals surface area (Å²) < 4.78 is 6.54. The Morgan fingerprint density at radius 1 is 1.39 bits per heavy atom. The zero-order valence-corrected chi connectivity index (χ0v) is 11.7. The summed E-state index contributed by atoms with van der Waals surface area (Å²) in [4.78, 5) is 15.2. The molecule has 0 spiro atoms. The van der Waals surface area contributed by atoms with Crippen molar-refractivity contribution in [1.29, 1.82) is 0 Å². The number of aromatic carboxylic acids is 1. The number of benzene rings is 1. The molecule has 0 atom stereocenters. The molecule has 0 fully saturated rings. The van der Waals surface area contributed by atoms with Gasteiger partial charge in [0.25, 0.3) is 0 Å². The van der Waals surface area contributed by atoms with Crippen LogP contribution in [0.4, 0.5) is 0 Å². The lowest BCUT2D eigenvalue weighted by Crippen LogP contribution is -2.04. The number of carboxylic acids is 1. The molecule has 0 radical (unpaired) electrons. The SMILES string of the molecule is Cc1ccnc(Oc2cccc(I)c2)c1C(=O)O. The average molecular weight is 355 g/mol. The lowest BCUT2D eigenvalue weighted by Gasteiger charge is -2.09. The number of halogens is 1. The van der Waals surface area contributed by atoms with Crippen molar-refractivity contribution in [2.24, 2.45) is 0 Å². The molecule has 1 aromatic heterocycles.